The number of hydrogen-bond acceptors (Lipinski definition) is 4. The second-order valence-electron chi connectivity index (χ2n) is 4.29. The van der Waals surface area contributed by atoms with Gasteiger partial charge in [-0.15, -0.1) is 0 Å². The van der Waals surface area contributed by atoms with Crippen LogP contribution in [-0.4, -0.2) is 16.8 Å². The molecule has 0 aliphatic heterocycles. The average Bonchev–Trinajstić information content (AvgIpc) is 2.42. The molecule has 22 heavy (non-hydrogen) atoms. The molecule has 2 aromatic rings. The number of benzene rings is 1. The SMILES string of the molecule is CC(=O)Nc1cc(Oc2cc(F)c(C(N)=O)cc2F)ccn1. The van der Waals surface area contributed by atoms with Gasteiger partial charge in [0.25, 0.3) is 5.91 Å². The maximum Gasteiger partial charge on any atom is 0.251 e. The predicted molar refractivity (Wildman–Crippen MR) is 73.5 cm³/mol. The third-order valence-electron chi connectivity index (χ3n) is 2.55. The minimum Gasteiger partial charge on any atom is -0.454 e. The van der Waals surface area contributed by atoms with Crippen molar-refractivity contribution in [2.45, 2.75) is 6.92 Å². The summed E-state index contributed by atoms with van der Waals surface area (Å²) in [5, 5.41) is 2.42. The minimum absolute atomic E-state index is 0.129. The first-order chi connectivity index (χ1) is 10.4. The molecule has 1 aromatic heterocycles. The largest absolute Gasteiger partial charge is 0.454 e. The number of ether oxygens (including phenoxy) is 1. The highest BCUT2D eigenvalue weighted by molar-refractivity contribution is 5.93. The van der Waals surface area contributed by atoms with Gasteiger partial charge >= 0.3 is 0 Å². The Balaban J connectivity index is 2.29. The molecular weight excluding hydrogens is 296 g/mol. The molecule has 0 radical (unpaired) electrons. The number of halogens is 2. The van der Waals surface area contributed by atoms with Crippen LogP contribution in [0.3, 0.4) is 0 Å². The number of anilines is 1. The van der Waals surface area contributed by atoms with Crippen LogP contribution in [0.2, 0.25) is 0 Å². The lowest BCUT2D eigenvalue weighted by Crippen LogP contribution is -2.13. The van der Waals surface area contributed by atoms with Gasteiger partial charge in [-0.2, -0.15) is 0 Å². The van der Waals surface area contributed by atoms with Crippen molar-refractivity contribution in [3.05, 3.63) is 47.7 Å². The average molecular weight is 307 g/mol. The molecule has 3 N–H and O–H groups in total. The van der Waals surface area contributed by atoms with Crippen molar-refractivity contribution in [2.75, 3.05) is 5.32 Å². The van der Waals surface area contributed by atoms with Crippen LogP contribution < -0.4 is 15.8 Å². The number of nitrogens with two attached hydrogens (primary N) is 1. The topological polar surface area (TPSA) is 94.3 Å². The second kappa shape index (κ2) is 6.17. The molecule has 6 nitrogen and oxygen atoms in total. The monoisotopic (exact) mass is 307 g/mol. The second-order valence-corrected chi connectivity index (χ2v) is 4.29. The third-order valence-corrected chi connectivity index (χ3v) is 2.55. The van der Waals surface area contributed by atoms with Crippen LogP contribution in [0.25, 0.3) is 0 Å². The lowest BCUT2D eigenvalue weighted by atomic mass is 10.2. The van der Waals surface area contributed by atoms with Gasteiger partial charge in [-0.25, -0.2) is 13.8 Å². The van der Waals surface area contributed by atoms with Gasteiger partial charge in [-0.05, 0) is 12.1 Å². The van der Waals surface area contributed by atoms with Crippen molar-refractivity contribution < 1.29 is 23.1 Å². The number of pyridine rings is 1. The fourth-order valence-corrected chi connectivity index (χ4v) is 1.65. The number of amides is 2. The fourth-order valence-electron chi connectivity index (χ4n) is 1.65. The summed E-state index contributed by atoms with van der Waals surface area (Å²) in [6, 6.07) is 4.10. The molecule has 114 valence electrons. The first kappa shape index (κ1) is 15.4. The molecule has 0 spiro atoms. The van der Waals surface area contributed by atoms with Crippen LogP contribution >= 0.6 is 0 Å². The van der Waals surface area contributed by atoms with Crippen molar-refractivity contribution in [3.63, 3.8) is 0 Å². The van der Waals surface area contributed by atoms with Crippen LogP contribution in [0.15, 0.2) is 30.5 Å². The van der Waals surface area contributed by atoms with E-state index in [1.165, 1.54) is 25.3 Å². The fraction of sp³-hybridized carbons (Fsp3) is 0.0714. The first-order valence-electron chi connectivity index (χ1n) is 6.07. The van der Waals surface area contributed by atoms with Crippen molar-refractivity contribution in [1.29, 1.82) is 0 Å². The van der Waals surface area contributed by atoms with Crippen LogP contribution in [0, 0.1) is 11.6 Å². The van der Waals surface area contributed by atoms with Gasteiger partial charge in [0, 0.05) is 25.3 Å². The van der Waals surface area contributed by atoms with Crippen LogP contribution in [0.4, 0.5) is 14.6 Å². The van der Waals surface area contributed by atoms with Gasteiger partial charge in [0.15, 0.2) is 11.6 Å². The van der Waals surface area contributed by atoms with Gasteiger partial charge in [0.1, 0.15) is 17.4 Å². The predicted octanol–water partition coefficient (Wildman–Crippen LogP) is 2.21. The van der Waals surface area contributed by atoms with E-state index in [-0.39, 0.29) is 17.5 Å². The Hall–Kier alpha value is -3.03. The summed E-state index contributed by atoms with van der Waals surface area (Å²) in [7, 11) is 0. The van der Waals surface area contributed by atoms with Crippen molar-refractivity contribution in [2.24, 2.45) is 5.73 Å². The maximum absolute atomic E-state index is 13.8. The highest BCUT2D eigenvalue weighted by Gasteiger charge is 2.15. The summed E-state index contributed by atoms with van der Waals surface area (Å²) in [6.07, 6.45) is 1.33. The Kier molecular flexibility index (Phi) is 4.31. The smallest absolute Gasteiger partial charge is 0.251 e. The van der Waals surface area contributed by atoms with E-state index < -0.39 is 28.9 Å². The van der Waals surface area contributed by atoms with Crippen LogP contribution in [-0.2, 0) is 4.79 Å². The summed E-state index contributed by atoms with van der Waals surface area (Å²) in [6.45, 7) is 1.30. The molecule has 0 aliphatic carbocycles. The van der Waals surface area contributed by atoms with E-state index in [1.807, 2.05) is 0 Å². The molecule has 0 fully saturated rings. The van der Waals surface area contributed by atoms with Gasteiger partial charge in [0.2, 0.25) is 5.91 Å². The van der Waals surface area contributed by atoms with Crippen molar-refractivity contribution in [3.8, 4) is 11.5 Å². The zero-order valence-electron chi connectivity index (χ0n) is 11.4. The molecule has 2 rings (SSSR count). The Morgan fingerprint density at radius 1 is 1.23 bits per heavy atom. The summed E-state index contributed by atoms with van der Waals surface area (Å²) in [4.78, 5) is 25.7. The quantitative estimate of drug-likeness (QED) is 0.905. The number of carbonyl (C=O) groups excluding carboxylic acids is 2. The van der Waals surface area contributed by atoms with Crippen LogP contribution in [0.1, 0.15) is 17.3 Å². The highest BCUT2D eigenvalue weighted by atomic mass is 19.1. The van der Waals surface area contributed by atoms with E-state index in [2.05, 4.69) is 10.3 Å². The molecule has 1 aromatic carbocycles. The molecule has 0 saturated heterocycles. The molecule has 0 unspecified atom stereocenters. The van der Waals surface area contributed by atoms with E-state index in [9.17, 15) is 18.4 Å². The minimum atomic E-state index is -1.08. The van der Waals surface area contributed by atoms with Gasteiger partial charge < -0.3 is 15.8 Å². The lowest BCUT2D eigenvalue weighted by Gasteiger charge is -2.09. The Morgan fingerprint density at radius 3 is 2.59 bits per heavy atom. The zero-order valence-corrected chi connectivity index (χ0v) is 11.4. The normalized spacial score (nSPS) is 10.1. The standard InChI is InChI=1S/C14H11F2N3O3/c1-7(20)19-13-4-8(2-3-18-13)22-12-6-10(15)9(14(17)21)5-11(12)16/h2-6H,1H3,(H2,17,21)(H,18,19,20). The number of carbonyl (C=O) groups is 2. The molecule has 0 bridgehead atoms. The third kappa shape index (κ3) is 3.54. The summed E-state index contributed by atoms with van der Waals surface area (Å²) in [5.41, 5.74) is 4.35. The maximum atomic E-state index is 13.8. The number of nitrogens with one attached hydrogen (secondary N) is 1. The van der Waals surface area contributed by atoms with E-state index in [4.69, 9.17) is 10.5 Å². The zero-order chi connectivity index (χ0) is 16.3. The molecule has 1 heterocycles. The summed E-state index contributed by atoms with van der Waals surface area (Å²) >= 11 is 0. The molecular formula is C14H11F2N3O3. The van der Waals surface area contributed by atoms with Crippen molar-refractivity contribution >= 4 is 17.6 Å². The van der Waals surface area contributed by atoms with Gasteiger partial charge in [-0.3, -0.25) is 9.59 Å². The van der Waals surface area contributed by atoms with Gasteiger partial charge in [0.05, 0.1) is 5.56 Å². The molecule has 0 saturated carbocycles. The van der Waals surface area contributed by atoms with Gasteiger partial charge in [-0.1, -0.05) is 0 Å². The number of aromatic nitrogens is 1. The lowest BCUT2D eigenvalue weighted by molar-refractivity contribution is -0.114. The summed E-state index contributed by atoms with van der Waals surface area (Å²) < 4.78 is 32.6. The molecule has 2 amide bonds. The molecule has 8 heteroatoms. The molecule has 0 aliphatic rings. The van der Waals surface area contributed by atoms with E-state index in [0.717, 1.165) is 0 Å². The number of rotatable bonds is 4. The van der Waals surface area contributed by atoms with Crippen molar-refractivity contribution in [1.82, 2.24) is 4.98 Å². The first-order valence-corrected chi connectivity index (χ1v) is 6.07. The van der Waals surface area contributed by atoms with E-state index in [1.54, 1.807) is 0 Å². The van der Waals surface area contributed by atoms with E-state index >= 15 is 0 Å². The van der Waals surface area contributed by atoms with Crippen LogP contribution in [0.5, 0.6) is 11.5 Å². The van der Waals surface area contributed by atoms with E-state index in [0.29, 0.717) is 12.1 Å². The summed E-state index contributed by atoms with van der Waals surface area (Å²) in [5.74, 6) is -3.48. The Morgan fingerprint density at radius 2 is 1.95 bits per heavy atom. The Bertz CT molecular complexity index is 750. The number of hydrogen-bond donors (Lipinski definition) is 2. The number of primary amides is 1. The number of nitrogens with zero attached hydrogens (tertiary/aromatic N) is 1. The molecule has 0 atom stereocenters. The Labute approximate surface area is 123 Å². The highest BCUT2D eigenvalue weighted by Crippen LogP contribution is 2.27.